The number of hydrogen-bond acceptors (Lipinski definition) is 2. The van der Waals surface area contributed by atoms with Gasteiger partial charge >= 0.3 is 0 Å². The number of para-hydroxylation sites is 1. The Morgan fingerprint density at radius 2 is 2.08 bits per heavy atom. The molecule has 2 heteroatoms. The smallest absolute Gasteiger partial charge is 0.171 e. The first-order valence-electron chi connectivity index (χ1n) is 4.21. The number of rotatable bonds is 1. The summed E-state index contributed by atoms with van der Waals surface area (Å²) in [6, 6.07) is 7.93. The summed E-state index contributed by atoms with van der Waals surface area (Å²) in [5.74, 6) is 0.849. The maximum absolute atomic E-state index is 5.26. The summed E-state index contributed by atoms with van der Waals surface area (Å²) in [6.45, 7) is 4.13. The van der Waals surface area contributed by atoms with Crippen LogP contribution in [0, 0.1) is 0 Å². The zero-order chi connectivity index (χ0) is 8.60. The van der Waals surface area contributed by atoms with Crippen LogP contribution in [0.3, 0.4) is 0 Å². The Labute approximate surface area is 72.0 Å². The van der Waals surface area contributed by atoms with Crippen LogP contribution < -0.4 is 4.89 Å². The van der Waals surface area contributed by atoms with E-state index in [2.05, 4.69) is 6.92 Å². The fourth-order valence-corrected chi connectivity index (χ4v) is 1.41. The van der Waals surface area contributed by atoms with Crippen LogP contribution in [0.25, 0.3) is 0 Å². The van der Waals surface area contributed by atoms with Crippen LogP contribution in [-0.2, 0) is 10.5 Å². The minimum Gasteiger partial charge on any atom is -0.336 e. The molecule has 0 aromatic heterocycles. The molecule has 1 aliphatic heterocycles. The molecular formula is C10H12O2. The molecule has 0 saturated carbocycles. The van der Waals surface area contributed by atoms with Crippen LogP contribution in [0.2, 0.25) is 0 Å². The minimum atomic E-state index is -0.253. The molecule has 1 atom stereocenters. The largest absolute Gasteiger partial charge is 0.336 e. The quantitative estimate of drug-likeness (QED) is 0.594. The second-order valence-corrected chi connectivity index (χ2v) is 3.25. The van der Waals surface area contributed by atoms with E-state index in [1.165, 1.54) is 0 Å². The van der Waals surface area contributed by atoms with Crippen LogP contribution in [0.15, 0.2) is 24.3 Å². The molecule has 1 heterocycles. The first-order chi connectivity index (χ1) is 5.76. The van der Waals surface area contributed by atoms with Crippen LogP contribution in [0.4, 0.5) is 0 Å². The van der Waals surface area contributed by atoms with Crippen molar-refractivity contribution in [3.63, 3.8) is 0 Å². The van der Waals surface area contributed by atoms with Gasteiger partial charge in [0, 0.05) is 5.56 Å². The third-order valence-corrected chi connectivity index (χ3v) is 2.45. The van der Waals surface area contributed by atoms with Crippen LogP contribution in [0.1, 0.15) is 25.8 Å². The normalized spacial score (nSPS) is 26.5. The lowest BCUT2D eigenvalue weighted by Gasteiger charge is -2.17. The highest BCUT2D eigenvalue weighted by molar-refractivity contribution is 5.39. The first-order valence-corrected chi connectivity index (χ1v) is 4.21. The Kier molecular flexibility index (Phi) is 1.58. The second-order valence-electron chi connectivity index (χ2n) is 3.25. The molecule has 0 bridgehead atoms. The zero-order valence-electron chi connectivity index (χ0n) is 7.33. The predicted molar refractivity (Wildman–Crippen MR) is 45.8 cm³/mol. The molecule has 64 valence electrons. The highest BCUT2D eigenvalue weighted by atomic mass is 17.2. The molecule has 2 nitrogen and oxygen atoms in total. The van der Waals surface area contributed by atoms with E-state index in [-0.39, 0.29) is 5.60 Å². The maximum atomic E-state index is 5.26. The van der Waals surface area contributed by atoms with Crippen LogP contribution in [0.5, 0.6) is 5.75 Å². The van der Waals surface area contributed by atoms with Crippen LogP contribution >= 0.6 is 0 Å². The van der Waals surface area contributed by atoms with E-state index in [1.54, 1.807) is 0 Å². The highest BCUT2D eigenvalue weighted by Gasteiger charge is 2.36. The van der Waals surface area contributed by atoms with Crippen molar-refractivity contribution in [2.45, 2.75) is 25.9 Å². The lowest BCUT2D eigenvalue weighted by molar-refractivity contribution is -0.267. The van der Waals surface area contributed by atoms with Crippen molar-refractivity contribution in [2.24, 2.45) is 0 Å². The van der Waals surface area contributed by atoms with Gasteiger partial charge in [-0.25, -0.2) is 0 Å². The Morgan fingerprint density at radius 1 is 1.33 bits per heavy atom. The number of fused-ring (bicyclic) bond motifs is 1. The van der Waals surface area contributed by atoms with Gasteiger partial charge in [0.25, 0.3) is 0 Å². The Hall–Kier alpha value is -1.02. The molecule has 0 spiro atoms. The maximum Gasteiger partial charge on any atom is 0.171 e. The summed E-state index contributed by atoms with van der Waals surface area (Å²) >= 11 is 0. The minimum absolute atomic E-state index is 0.253. The average Bonchev–Trinajstić information content (AvgIpc) is 2.46. The summed E-state index contributed by atoms with van der Waals surface area (Å²) in [7, 11) is 0. The van der Waals surface area contributed by atoms with E-state index in [9.17, 15) is 0 Å². The topological polar surface area (TPSA) is 18.5 Å². The van der Waals surface area contributed by atoms with E-state index in [0.29, 0.717) is 0 Å². The average molecular weight is 164 g/mol. The monoisotopic (exact) mass is 164 g/mol. The summed E-state index contributed by atoms with van der Waals surface area (Å²) in [6.07, 6.45) is 0.921. The zero-order valence-corrected chi connectivity index (χ0v) is 7.33. The molecule has 0 N–H and O–H groups in total. The predicted octanol–water partition coefficient (Wildman–Crippen LogP) is 2.64. The molecule has 12 heavy (non-hydrogen) atoms. The lowest BCUT2D eigenvalue weighted by Crippen LogP contribution is -2.19. The SMILES string of the molecule is CCC1(C)OOc2ccccc21. The van der Waals surface area contributed by atoms with Gasteiger partial charge in [0.15, 0.2) is 5.75 Å². The number of hydrogen-bond donors (Lipinski definition) is 0. The molecule has 1 aromatic rings. The van der Waals surface area contributed by atoms with Gasteiger partial charge in [-0.15, -0.1) is 0 Å². The molecular weight excluding hydrogens is 152 g/mol. The fraction of sp³-hybridized carbons (Fsp3) is 0.400. The van der Waals surface area contributed by atoms with Crippen molar-refractivity contribution < 1.29 is 9.78 Å². The van der Waals surface area contributed by atoms with Crippen molar-refractivity contribution in [3.8, 4) is 5.75 Å². The van der Waals surface area contributed by atoms with E-state index in [4.69, 9.17) is 9.78 Å². The molecule has 0 aliphatic carbocycles. The van der Waals surface area contributed by atoms with Gasteiger partial charge in [-0.2, -0.15) is 4.89 Å². The molecule has 1 aliphatic rings. The van der Waals surface area contributed by atoms with Crippen LogP contribution in [-0.4, -0.2) is 0 Å². The summed E-state index contributed by atoms with van der Waals surface area (Å²) in [4.78, 5) is 10.4. The molecule has 0 amide bonds. The van der Waals surface area contributed by atoms with Gasteiger partial charge in [0.05, 0.1) is 0 Å². The number of benzene rings is 1. The Bertz CT molecular complexity index is 296. The van der Waals surface area contributed by atoms with E-state index in [0.717, 1.165) is 17.7 Å². The third kappa shape index (κ3) is 0.916. The molecule has 0 saturated heterocycles. The Balaban J connectivity index is 2.49. The first kappa shape index (κ1) is 7.62. The molecule has 1 unspecified atom stereocenters. The van der Waals surface area contributed by atoms with Crippen molar-refractivity contribution in [3.05, 3.63) is 29.8 Å². The van der Waals surface area contributed by atoms with Crippen molar-refractivity contribution in [1.29, 1.82) is 0 Å². The molecule has 2 rings (SSSR count). The summed E-state index contributed by atoms with van der Waals surface area (Å²) in [5, 5.41) is 0. The highest BCUT2D eigenvalue weighted by Crippen LogP contribution is 2.41. The van der Waals surface area contributed by atoms with Gasteiger partial charge in [0.1, 0.15) is 5.60 Å². The standard InChI is InChI=1S/C10H12O2/c1-3-10(2)8-6-4-5-7-9(8)11-12-10/h4-7H,3H2,1-2H3. The summed E-state index contributed by atoms with van der Waals surface area (Å²) in [5.41, 5.74) is 0.892. The summed E-state index contributed by atoms with van der Waals surface area (Å²) < 4.78 is 0. The van der Waals surface area contributed by atoms with Gasteiger partial charge in [0.2, 0.25) is 0 Å². The van der Waals surface area contributed by atoms with Gasteiger partial charge in [-0.3, -0.25) is 0 Å². The van der Waals surface area contributed by atoms with E-state index < -0.39 is 0 Å². The second kappa shape index (κ2) is 2.49. The van der Waals surface area contributed by atoms with Gasteiger partial charge in [-0.1, -0.05) is 25.1 Å². The van der Waals surface area contributed by atoms with Crippen molar-refractivity contribution >= 4 is 0 Å². The van der Waals surface area contributed by atoms with Gasteiger partial charge < -0.3 is 4.89 Å². The van der Waals surface area contributed by atoms with Gasteiger partial charge in [-0.05, 0) is 19.4 Å². The van der Waals surface area contributed by atoms with Crippen molar-refractivity contribution in [1.82, 2.24) is 0 Å². The van der Waals surface area contributed by atoms with Crippen molar-refractivity contribution in [2.75, 3.05) is 0 Å². The fourth-order valence-electron chi connectivity index (χ4n) is 1.41. The lowest BCUT2D eigenvalue weighted by atomic mass is 9.93. The molecule has 1 aromatic carbocycles. The molecule has 0 fully saturated rings. The molecule has 0 radical (unpaired) electrons. The third-order valence-electron chi connectivity index (χ3n) is 2.45. The van der Waals surface area contributed by atoms with E-state index in [1.807, 2.05) is 31.2 Å². The Morgan fingerprint density at radius 3 is 2.83 bits per heavy atom. The van der Waals surface area contributed by atoms with E-state index >= 15 is 0 Å².